The highest BCUT2D eigenvalue weighted by Crippen LogP contribution is 2.26. The van der Waals surface area contributed by atoms with Crippen LogP contribution in [0.4, 0.5) is 5.69 Å². The average Bonchev–Trinajstić information content (AvgIpc) is 2.82. The molecule has 0 saturated carbocycles. The summed E-state index contributed by atoms with van der Waals surface area (Å²) in [6, 6.07) is 24.0. The van der Waals surface area contributed by atoms with Crippen LogP contribution in [-0.2, 0) is 16.1 Å². The number of ether oxygens (including phenoxy) is 1. The van der Waals surface area contributed by atoms with Gasteiger partial charge in [0.1, 0.15) is 17.4 Å². The molecule has 0 aliphatic carbocycles. The van der Waals surface area contributed by atoms with E-state index in [4.69, 9.17) is 4.74 Å². The lowest BCUT2D eigenvalue weighted by molar-refractivity contribution is -0.118. The van der Waals surface area contributed by atoms with Crippen LogP contribution in [0.3, 0.4) is 0 Å². The van der Waals surface area contributed by atoms with E-state index in [0.29, 0.717) is 23.5 Å². The van der Waals surface area contributed by atoms with Crippen LogP contribution in [0.25, 0.3) is 6.08 Å². The lowest BCUT2D eigenvalue weighted by Gasteiger charge is -2.12. The van der Waals surface area contributed by atoms with E-state index in [9.17, 15) is 14.9 Å². The molecule has 0 aliphatic heterocycles. The van der Waals surface area contributed by atoms with Crippen molar-refractivity contribution in [2.75, 3.05) is 11.9 Å². The van der Waals surface area contributed by atoms with Crippen molar-refractivity contribution in [2.24, 2.45) is 0 Å². The van der Waals surface area contributed by atoms with Crippen molar-refractivity contribution in [2.45, 2.75) is 13.5 Å². The first-order valence-electron chi connectivity index (χ1n) is 10.2. The first-order valence-corrected chi connectivity index (χ1v) is 11.0. The number of hydrogen-bond acceptors (Lipinski definition) is 4. The van der Waals surface area contributed by atoms with Gasteiger partial charge >= 0.3 is 0 Å². The first kappa shape index (κ1) is 23.8. The molecule has 0 bridgehead atoms. The van der Waals surface area contributed by atoms with E-state index in [1.807, 2.05) is 67.6 Å². The largest absolute Gasteiger partial charge is 0.483 e. The van der Waals surface area contributed by atoms with Gasteiger partial charge in [0.25, 0.3) is 11.8 Å². The van der Waals surface area contributed by atoms with Crippen molar-refractivity contribution in [1.29, 1.82) is 5.26 Å². The molecule has 0 atom stereocenters. The van der Waals surface area contributed by atoms with Crippen LogP contribution in [0.15, 0.2) is 82.8 Å². The Bertz CT molecular complexity index is 1220. The molecule has 0 aliphatic rings. The minimum absolute atomic E-state index is 0.0711. The minimum Gasteiger partial charge on any atom is -0.483 e. The molecule has 0 unspecified atom stereocenters. The van der Waals surface area contributed by atoms with Crippen LogP contribution >= 0.6 is 15.9 Å². The number of nitrogens with one attached hydrogen (secondary N) is 2. The van der Waals surface area contributed by atoms with Crippen molar-refractivity contribution in [3.8, 4) is 11.8 Å². The van der Waals surface area contributed by atoms with E-state index in [0.717, 1.165) is 15.6 Å². The molecule has 0 radical (unpaired) electrons. The number of rotatable bonds is 8. The molecule has 0 aromatic heterocycles. The van der Waals surface area contributed by atoms with E-state index in [-0.39, 0.29) is 18.1 Å². The SMILES string of the molecule is Cc1ccccc1NC(=O)COc1ccc(Br)cc1/C=C(\C#N)C(=O)NCc1ccccc1. The Morgan fingerprint density at radius 1 is 1.06 bits per heavy atom. The topological polar surface area (TPSA) is 91.2 Å². The molecule has 0 saturated heterocycles. The van der Waals surface area contributed by atoms with Crippen LogP contribution in [0.2, 0.25) is 0 Å². The Balaban J connectivity index is 1.70. The maximum absolute atomic E-state index is 12.5. The number of anilines is 1. The van der Waals surface area contributed by atoms with Gasteiger partial charge in [-0.05, 0) is 48.4 Å². The number of nitriles is 1. The third-order valence-corrected chi connectivity index (χ3v) is 5.20. The van der Waals surface area contributed by atoms with Crippen LogP contribution in [0.1, 0.15) is 16.7 Å². The summed E-state index contributed by atoms with van der Waals surface area (Å²) >= 11 is 3.39. The second kappa shape index (κ2) is 11.7. The fraction of sp³-hybridized carbons (Fsp3) is 0.115. The molecular formula is C26H22BrN3O3. The lowest BCUT2D eigenvalue weighted by Crippen LogP contribution is -2.24. The number of carbonyl (C=O) groups is 2. The quantitative estimate of drug-likeness (QED) is 0.334. The van der Waals surface area contributed by atoms with E-state index in [1.165, 1.54) is 6.08 Å². The summed E-state index contributed by atoms with van der Waals surface area (Å²) in [6.07, 6.45) is 1.44. The third kappa shape index (κ3) is 7.06. The Morgan fingerprint density at radius 2 is 1.79 bits per heavy atom. The van der Waals surface area contributed by atoms with Gasteiger partial charge in [-0.25, -0.2) is 0 Å². The number of nitrogens with zero attached hydrogens (tertiary/aromatic N) is 1. The highest BCUT2D eigenvalue weighted by molar-refractivity contribution is 9.10. The number of para-hydroxylation sites is 1. The molecule has 0 spiro atoms. The summed E-state index contributed by atoms with van der Waals surface area (Å²) < 4.78 is 6.44. The maximum atomic E-state index is 12.5. The van der Waals surface area contributed by atoms with Gasteiger partial charge in [-0.2, -0.15) is 5.26 Å². The van der Waals surface area contributed by atoms with Crippen molar-refractivity contribution < 1.29 is 14.3 Å². The zero-order chi connectivity index (χ0) is 23.6. The van der Waals surface area contributed by atoms with Gasteiger partial charge in [-0.1, -0.05) is 64.5 Å². The summed E-state index contributed by atoms with van der Waals surface area (Å²) in [6.45, 7) is 1.98. The molecule has 3 rings (SSSR count). The highest BCUT2D eigenvalue weighted by atomic mass is 79.9. The summed E-state index contributed by atoms with van der Waals surface area (Å²) in [5, 5.41) is 15.1. The van der Waals surface area contributed by atoms with Gasteiger partial charge in [-0.15, -0.1) is 0 Å². The molecule has 33 heavy (non-hydrogen) atoms. The van der Waals surface area contributed by atoms with Crippen LogP contribution in [0, 0.1) is 18.3 Å². The molecular weight excluding hydrogens is 482 g/mol. The van der Waals surface area contributed by atoms with Gasteiger partial charge in [0.05, 0.1) is 0 Å². The summed E-state index contributed by atoms with van der Waals surface area (Å²) in [4.78, 5) is 24.9. The van der Waals surface area contributed by atoms with Gasteiger partial charge in [0.2, 0.25) is 0 Å². The number of hydrogen-bond donors (Lipinski definition) is 2. The summed E-state index contributed by atoms with van der Waals surface area (Å²) in [5.74, 6) is -0.436. The van der Waals surface area contributed by atoms with Crippen molar-refractivity contribution in [1.82, 2.24) is 5.32 Å². The van der Waals surface area contributed by atoms with Crippen LogP contribution in [0.5, 0.6) is 5.75 Å². The first-order chi connectivity index (χ1) is 16.0. The molecule has 0 fully saturated rings. The number of carbonyl (C=O) groups excluding carboxylic acids is 2. The molecule has 3 aromatic rings. The molecule has 166 valence electrons. The van der Waals surface area contributed by atoms with E-state index in [1.54, 1.807) is 18.2 Å². The number of amides is 2. The van der Waals surface area contributed by atoms with E-state index in [2.05, 4.69) is 26.6 Å². The second-order valence-corrected chi connectivity index (χ2v) is 8.09. The Kier molecular flexibility index (Phi) is 8.39. The number of benzene rings is 3. The zero-order valence-electron chi connectivity index (χ0n) is 18.0. The van der Waals surface area contributed by atoms with Gasteiger partial charge in [0, 0.05) is 22.3 Å². The maximum Gasteiger partial charge on any atom is 0.262 e. The van der Waals surface area contributed by atoms with Gasteiger partial charge in [-0.3, -0.25) is 9.59 Å². The Morgan fingerprint density at radius 3 is 2.52 bits per heavy atom. The standard InChI is InChI=1S/C26H22BrN3O3/c1-18-7-5-6-10-23(18)30-25(31)17-33-24-12-11-22(27)14-20(24)13-21(15-28)26(32)29-16-19-8-3-2-4-9-19/h2-14H,16-17H2,1H3,(H,29,32)(H,30,31)/b21-13+. The molecule has 6 nitrogen and oxygen atoms in total. The van der Waals surface area contributed by atoms with Crippen LogP contribution < -0.4 is 15.4 Å². The average molecular weight is 504 g/mol. The van der Waals surface area contributed by atoms with E-state index >= 15 is 0 Å². The van der Waals surface area contributed by atoms with Gasteiger partial charge in [0.15, 0.2) is 6.61 Å². The van der Waals surface area contributed by atoms with Crippen molar-refractivity contribution >= 4 is 39.5 Å². The number of aryl methyl sites for hydroxylation is 1. The van der Waals surface area contributed by atoms with E-state index < -0.39 is 5.91 Å². The van der Waals surface area contributed by atoms with Crippen LogP contribution in [-0.4, -0.2) is 18.4 Å². The normalized spacial score (nSPS) is 10.8. The molecule has 3 aromatic carbocycles. The lowest BCUT2D eigenvalue weighted by atomic mass is 10.1. The molecule has 7 heteroatoms. The fourth-order valence-corrected chi connectivity index (χ4v) is 3.36. The molecule has 0 heterocycles. The molecule has 2 N–H and O–H groups in total. The zero-order valence-corrected chi connectivity index (χ0v) is 19.6. The monoisotopic (exact) mass is 503 g/mol. The molecule has 2 amide bonds. The van der Waals surface area contributed by atoms with Crippen molar-refractivity contribution in [3.63, 3.8) is 0 Å². The Labute approximate surface area is 201 Å². The smallest absolute Gasteiger partial charge is 0.262 e. The predicted molar refractivity (Wildman–Crippen MR) is 131 cm³/mol. The Hall–Kier alpha value is -3.89. The van der Waals surface area contributed by atoms with Crippen molar-refractivity contribution in [3.05, 3.63) is 99.5 Å². The highest BCUT2D eigenvalue weighted by Gasteiger charge is 2.13. The summed E-state index contributed by atoms with van der Waals surface area (Å²) in [7, 11) is 0. The van der Waals surface area contributed by atoms with Gasteiger partial charge < -0.3 is 15.4 Å². The fourth-order valence-electron chi connectivity index (χ4n) is 2.98. The second-order valence-electron chi connectivity index (χ2n) is 7.17. The number of halogens is 1. The third-order valence-electron chi connectivity index (χ3n) is 4.71. The minimum atomic E-state index is -0.496. The predicted octanol–water partition coefficient (Wildman–Crippen LogP) is 5.00. The summed E-state index contributed by atoms with van der Waals surface area (Å²) in [5.41, 5.74) is 3.01.